The molecule has 0 amide bonds. The average molecular weight is 407 g/mol. The molecule has 0 bridgehead atoms. The molecule has 0 heterocycles. The Kier molecular flexibility index (Phi) is 10.1. The number of unbranched alkanes of at least 4 members (excludes halogenated alkanes) is 2. The lowest BCUT2D eigenvalue weighted by Gasteiger charge is -2.08. The zero-order chi connectivity index (χ0) is 19.5. The number of aliphatic imine (C=N–C) groups is 2. The van der Waals surface area contributed by atoms with Gasteiger partial charge in [-0.05, 0) is 67.8 Å². The van der Waals surface area contributed by atoms with E-state index < -0.39 is 0 Å². The van der Waals surface area contributed by atoms with E-state index in [1.54, 1.807) is 24.3 Å². The van der Waals surface area contributed by atoms with Crippen LogP contribution in [0.5, 0.6) is 11.5 Å². The van der Waals surface area contributed by atoms with Crippen molar-refractivity contribution in [2.45, 2.75) is 19.3 Å². The molecule has 0 aromatic heterocycles. The second kappa shape index (κ2) is 12.3. The van der Waals surface area contributed by atoms with Gasteiger partial charge >= 0.3 is 0 Å². The fourth-order valence-electron chi connectivity index (χ4n) is 2.29. The Morgan fingerprint density at radius 2 is 0.964 bits per heavy atom. The molecule has 0 spiro atoms. The minimum absolute atomic E-state index is 0. The van der Waals surface area contributed by atoms with E-state index >= 15 is 0 Å². The van der Waals surface area contributed by atoms with Crippen LogP contribution in [-0.4, -0.2) is 25.1 Å². The van der Waals surface area contributed by atoms with Crippen LogP contribution >= 0.6 is 12.4 Å². The Bertz CT molecular complexity index is 689. The lowest BCUT2D eigenvalue weighted by molar-refractivity contribution is 0.279. The van der Waals surface area contributed by atoms with E-state index in [1.807, 2.05) is 24.3 Å². The number of hydrogen-bond donors (Lipinski definition) is 4. The first-order valence-electron chi connectivity index (χ1n) is 8.68. The molecule has 0 fully saturated rings. The summed E-state index contributed by atoms with van der Waals surface area (Å²) >= 11 is 0. The smallest absolute Gasteiger partial charge is 0.191 e. The molecule has 9 heteroatoms. The normalized spacial score (nSPS) is 9.71. The third kappa shape index (κ3) is 9.00. The molecule has 0 saturated heterocycles. The summed E-state index contributed by atoms with van der Waals surface area (Å²) in [6, 6.07) is 14.6. The fourth-order valence-corrected chi connectivity index (χ4v) is 2.29. The van der Waals surface area contributed by atoms with Crippen LogP contribution in [-0.2, 0) is 0 Å². The Hall–Kier alpha value is -3.13. The number of ether oxygens (including phenoxy) is 2. The van der Waals surface area contributed by atoms with Gasteiger partial charge in [0.25, 0.3) is 0 Å². The lowest BCUT2D eigenvalue weighted by atomic mass is 10.2. The maximum absolute atomic E-state index is 5.69. The highest BCUT2D eigenvalue weighted by atomic mass is 35.5. The summed E-state index contributed by atoms with van der Waals surface area (Å²) in [5.41, 5.74) is 22.7. The van der Waals surface area contributed by atoms with E-state index in [4.69, 9.17) is 32.4 Å². The number of halogens is 1. The maximum Gasteiger partial charge on any atom is 0.191 e. The third-order valence-corrected chi connectivity index (χ3v) is 3.52. The minimum atomic E-state index is 0. The Labute approximate surface area is 171 Å². The topological polar surface area (TPSA) is 147 Å². The van der Waals surface area contributed by atoms with Gasteiger partial charge < -0.3 is 32.4 Å². The molecular formula is C19H27ClN6O2. The molecule has 0 unspecified atom stereocenters. The van der Waals surface area contributed by atoms with Crippen LogP contribution in [0, 0.1) is 0 Å². The van der Waals surface area contributed by atoms with Gasteiger partial charge in [-0.15, -0.1) is 12.4 Å². The van der Waals surface area contributed by atoms with Gasteiger partial charge in [0, 0.05) is 0 Å². The van der Waals surface area contributed by atoms with Crippen molar-refractivity contribution >= 4 is 35.7 Å². The van der Waals surface area contributed by atoms with Crippen molar-refractivity contribution in [1.29, 1.82) is 0 Å². The lowest BCUT2D eigenvalue weighted by Crippen LogP contribution is -2.21. The van der Waals surface area contributed by atoms with E-state index in [9.17, 15) is 0 Å². The summed E-state index contributed by atoms with van der Waals surface area (Å²) < 4.78 is 11.4. The first-order valence-corrected chi connectivity index (χ1v) is 8.68. The van der Waals surface area contributed by atoms with Crippen molar-refractivity contribution in [2.75, 3.05) is 13.2 Å². The van der Waals surface area contributed by atoms with E-state index in [-0.39, 0.29) is 24.3 Å². The van der Waals surface area contributed by atoms with Crippen LogP contribution in [0.15, 0.2) is 58.5 Å². The Morgan fingerprint density at radius 3 is 1.29 bits per heavy atom. The Balaban J connectivity index is 0.00000392. The van der Waals surface area contributed by atoms with Crippen LogP contribution in [0.25, 0.3) is 0 Å². The van der Waals surface area contributed by atoms with Crippen LogP contribution in [0.1, 0.15) is 19.3 Å². The van der Waals surface area contributed by atoms with Gasteiger partial charge in [0.2, 0.25) is 0 Å². The van der Waals surface area contributed by atoms with E-state index in [2.05, 4.69) is 9.98 Å². The van der Waals surface area contributed by atoms with Gasteiger partial charge in [-0.1, -0.05) is 0 Å². The van der Waals surface area contributed by atoms with Gasteiger partial charge in [-0.25, -0.2) is 9.98 Å². The van der Waals surface area contributed by atoms with Crippen molar-refractivity contribution in [3.8, 4) is 11.5 Å². The molecule has 0 radical (unpaired) electrons. The van der Waals surface area contributed by atoms with Crippen molar-refractivity contribution < 1.29 is 9.47 Å². The van der Waals surface area contributed by atoms with Crippen molar-refractivity contribution in [3.05, 3.63) is 48.5 Å². The second-order valence-electron chi connectivity index (χ2n) is 5.82. The minimum Gasteiger partial charge on any atom is -0.494 e. The fraction of sp³-hybridized carbons (Fsp3) is 0.263. The molecule has 0 atom stereocenters. The summed E-state index contributed by atoms with van der Waals surface area (Å²) in [6.45, 7) is 1.30. The number of hydrogen-bond acceptors (Lipinski definition) is 4. The summed E-state index contributed by atoms with van der Waals surface area (Å²) in [5, 5.41) is 0. The quantitative estimate of drug-likeness (QED) is 0.271. The van der Waals surface area contributed by atoms with E-state index in [0.29, 0.717) is 24.6 Å². The molecule has 152 valence electrons. The standard InChI is InChI=1S/C19H26N6O2.ClH/c20-18(21)24-14-4-8-16(9-5-14)26-12-2-1-3-13-27-17-10-6-15(7-11-17)25-19(22)23;/h4-11H,1-3,12-13H2,(H4,20,21,24)(H4,22,23,25);1H. The van der Waals surface area contributed by atoms with Crippen molar-refractivity contribution in [3.63, 3.8) is 0 Å². The molecule has 28 heavy (non-hydrogen) atoms. The molecular weight excluding hydrogens is 380 g/mol. The summed E-state index contributed by atoms with van der Waals surface area (Å²) in [5.74, 6) is 1.66. The molecule has 0 aliphatic carbocycles. The first-order chi connectivity index (χ1) is 13.0. The highest BCUT2D eigenvalue weighted by Crippen LogP contribution is 2.19. The average Bonchev–Trinajstić information content (AvgIpc) is 2.63. The monoisotopic (exact) mass is 406 g/mol. The third-order valence-electron chi connectivity index (χ3n) is 3.52. The van der Waals surface area contributed by atoms with Gasteiger partial charge in [0.1, 0.15) is 11.5 Å². The molecule has 0 aliphatic rings. The summed E-state index contributed by atoms with van der Waals surface area (Å²) in [4.78, 5) is 7.92. The van der Waals surface area contributed by atoms with Crippen LogP contribution in [0.3, 0.4) is 0 Å². The molecule has 2 aromatic rings. The van der Waals surface area contributed by atoms with Crippen LogP contribution < -0.4 is 32.4 Å². The predicted octanol–water partition coefficient (Wildman–Crippen LogP) is 2.55. The molecule has 2 aromatic carbocycles. The van der Waals surface area contributed by atoms with Gasteiger partial charge in [-0.3, -0.25) is 0 Å². The number of benzene rings is 2. The van der Waals surface area contributed by atoms with E-state index in [0.717, 1.165) is 30.8 Å². The van der Waals surface area contributed by atoms with Gasteiger partial charge in [0.05, 0.1) is 24.6 Å². The number of nitrogens with two attached hydrogens (primary N) is 4. The Morgan fingerprint density at radius 1 is 0.607 bits per heavy atom. The largest absolute Gasteiger partial charge is 0.494 e. The first kappa shape index (κ1) is 22.9. The summed E-state index contributed by atoms with van der Waals surface area (Å²) in [6.07, 6.45) is 2.91. The van der Waals surface area contributed by atoms with Crippen molar-refractivity contribution in [2.24, 2.45) is 32.9 Å². The van der Waals surface area contributed by atoms with Crippen LogP contribution in [0.4, 0.5) is 11.4 Å². The molecule has 0 aliphatic heterocycles. The zero-order valence-corrected chi connectivity index (χ0v) is 16.4. The number of nitrogens with zero attached hydrogens (tertiary/aromatic N) is 2. The molecule has 0 saturated carbocycles. The second-order valence-corrected chi connectivity index (χ2v) is 5.82. The van der Waals surface area contributed by atoms with Crippen LogP contribution in [0.2, 0.25) is 0 Å². The predicted molar refractivity (Wildman–Crippen MR) is 116 cm³/mol. The van der Waals surface area contributed by atoms with Crippen molar-refractivity contribution in [1.82, 2.24) is 0 Å². The molecule has 8 nitrogen and oxygen atoms in total. The number of rotatable bonds is 10. The van der Waals surface area contributed by atoms with E-state index in [1.165, 1.54) is 0 Å². The molecule has 8 N–H and O–H groups in total. The zero-order valence-electron chi connectivity index (χ0n) is 15.6. The maximum atomic E-state index is 5.69. The summed E-state index contributed by atoms with van der Waals surface area (Å²) in [7, 11) is 0. The SMILES string of the molecule is Cl.NC(N)=Nc1ccc(OCCCCCOc2ccc(N=C(N)N)cc2)cc1. The highest BCUT2D eigenvalue weighted by molar-refractivity contribution is 5.85. The highest BCUT2D eigenvalue weighted by Gasteiger charge is 1.98. The number of guanidine groups is 2. The van der Waals surface area contributed by atoms with Gasteiger partial charge in [0.15, 0.2) is 11.9 Å². The van der Waals surface area contributed by atoms with Gasteiger partial charge in [-0.2, -0.15) is 0 Å². The molecule has 2 rings (SSSR count).